The number of alkyl halides is 3. The van der Waals surface area contributed by atoms with Gasteiger partial charge in [0.1, 0.15) is 17.3 Å². The van der Waals surface area contributed by atoms with E-state index in [9.17, 15) is 18.0 Å². The normalized spacial score (nSPS) is 11.5. The van der Waals surface area contributed by atoms with Crippen LogP contribution in [0.1, 0.15) is 29.8 Å². The minimum atomic E-state index is -4.63. The van der Waals surface area contributed by atoms with Crippen LogP contribution in [0.2, 0.25) is 0 Å². The van der Waals surface area contributed by atoms with Crippen molar-refractivity contribution in [1.82, 2.24) is 24.2 Å². The number of nitrogens with zero attached hydrogens (tertiary/aromatic N) is 5. The lowest BCUT2D eigenvalue weighted by Crippen LogP contribution is -2.24. The maximum Gasteiger partial charge on any atom is 0.417 e. The van der Waals surface area contributed by atoms with E-state index in [1.807, 2.05) is 13.8 Å². The first-order chi connectivity index (χ1) is 14.5. The number of aromatic nitrogens is 4. The molecule has 1 N–H and O–H groups in total. The van der Waals surface area contributed by atoms with Crippen molar-refractivity contribution in [2.45, 2.75) is 26.1 Å². The molecule has 0 unspecified atom stereocenters. The van der Waals surface area contributed by atoms with Crippen LogP contribution in [0.3, 0.4) is 0 Å². The Morgan fingerprint density at radius 3 is 2.52 bits per heavy atom. The molecule has 0 atom stereocenters. The van der Waals surface area contributed by atoms with Gasteiger partial charge in [0.2, 0.25) is 5.13 Å². The Kier molecular flexibility index (Phi) is 6.39. The second kappa shape index (κ2) is 8.84. The summed E-state index contributed by atoms with van der Waals surface area (Å²) in [5.74, 6) is 0.236. The Hall–Kier alpha value is -3.28. The van der Waals surface area contributed by atoms with Gasteiger partial charge in [-0.15, -0.1) is 0 Å². The second-order valence-corrected chi connectivity index (χ2v) is 7.66. The van der Waals surface area contributed by atoms with E-state index in [0.717, 1.165) is 17.6 Å². The zero-order valence-electron chi connectivity index (χ0n) is 17.1. The molecule has 0 fully saturated rings. The van der Waals surface area contributed by atoms with E-state index >= 15 is 0 Å². The highest BCUT2D eigenvalue weighted by Crippen LogP contribution is 2.32. The summed E-state index contributed by atoms with van der Waals surface area (Å²) in [6, 6.07) is 4.19. The number of hydrogen-bond donors (Lipinski definition) is 1. The third-order valence-corrected chi connectivity index (χ3v) is 4.47. The van der Waals surface area contributed by atoms with E-state index in [4.69, 9.17) is 4.74 Å². The molecule has 0 bridgehead atoms. The number of pyridine rings is 2. The quantitative estimate of drug-likeness (QED) is 0.598. The van der Waals surface area contributed by atoms with Gasteiger partial charge < -0.3 is 15.0 Å². The van der Waals surface area contributed by atoms with Gasteiger partial charge in [-0.2, -0.15) is 22.5 Å². The van der Waals surface area contributed by atoms with Crippen molar-refractivity contribution in [1.29, 1.82) is 0 Å². The fourth-order valence-electron chi connectivity index (χ4n) is 2.46. The maximum absolute atomic E-state index is 13.1. The van der Waals surface area contributed by atoms with E-state index < -0.39 is 17.6 Å². The summed E-state index contributed by atoms with van der Waals surface area (Å²) >= 11 is 0.962. The van der Waals surface area contributed by atoms with E-state index in [1.165, 1.54) is 19.0 Å². The number of ether oxygens (including phenoxy) is 1. The van der Waals surface area contributed by atoms with Gasteiger partial charge in [-0.3, -0.25) is 4.79 Å². The van der Waals surface area contributed by atoms with Crippen molar-refractivity contribution in [3.8, 4) is 17.3 Å². The summed E-state index contributed by atoms with van der Waals surface area (Å²) < 4.78 is 48.9. The van der Waals surface area contributed by atoms with Crippen LogP contribution in [-0.4, -0.2) is 50.3 Å². The summed E-state index contributed by atoms with van der Waals surface area (Å²) in [5.41, 5.74) is -0.760. The molecule has 0 aliphatic heterocycles. The van der Waals surface area contributed by atoms with Crippen LogP contribution in [0.25, 0.3) is 11.5 Å². The SMILES string of the molecule is CC(C)Oc1ccc(-c2nsc(Nc3ncc(C(F)(F)F)cc3C(=O)N(C)C)n2)nc1. The highest BCUT2D eigenvalue weighted by Gasteiger charge is 2.33. The molecule has 1 amide bonds. The number of rotatable bonds is 6. The maximum atomic E-state index is 13.1. The highest BCUT2D eigenvalue weighted by molar-refractivity contribution is 7.09. The average molecular weight is 452 g/mol. The molecule has 164 valence electrons. The molecule has 3 aromatic rings. The molecule has 3 rings (SSSR count). The molecule has 3 heterocycles. The van der Waals surface area contributed by atoms with Crippen LogP contribution in [0.4, 0.5) is 24.1 Å². The summed E-state index contributed by atoms with van der Waals surface area (Å²) in [5, 5.41) is 3.03. The van der Waals surface area contributed by atoms with E-state index in [1.54, 1.807) is 18.3 Å². The molecule has 12 heteroatoms. The van der Waals surface area contributed by atoms with Crippen LogP contribution >= 0.6 is 11.5 Å². The molecular weight excluding hydrogens is 433 g/mol. The zero-order chi connectivity index (χ0) is 22.8. The lowest BCUT2D eigenvalue weighted by atomic mass is 10.1. The second-order valence-electron chi connectivity index (χ2n) is 6.91. The van der Waals surface area contributed by atoms with Gasteiger partial charge in [0.25, 0.3) is 5.91 Å². The minimum absolute atomic E-state index is 0.0103. The van der Waals surface area contributed by atoms with Crippen molar-refractivity contribution >= 4 is 28.4 Å². The smallest absolute Gasteiger partial charge is 0.417 e. The standard InChI is InChI=1S/C19H19F3N6O2S/c1-10(2)30-12-5-6-14(23-9-12)16-26-18(31-27-16)25-15-13(17(29)28(3)4)7-11(8-24-15)19(20,21)22/h5-10H,1-4H3,(H,24,25,26,27). The Labute approximate surface area is 180 Å². The average Bonchev–Trinajstić information content (AvgIpc) is 3.15. The number of hydrogen-bond acceptors (Lipinski definition) is 8. The van der Waals surface area contributed by atoms with Crippen LogP contribution in [-0.2, 0) is 6.18 Å². The van der Waals surface area contributed by atoms with Crippen LogP contribution in [0.5, 0.6) is 5.75 Å². The molecule has 3 aromatic heterocycles. The Balaban J connectivity index is 1.86. The summed E-state index contributed by atoms with van der Waals surface area (Å²) in [6.07, 6.45) is -2.41. The third kappa shape index (κ3) is 5.45. The summed E-state index contributed by atoms with van der Waals surface area (Å²) in [7, 11) is 2.88. The van der Waals surface area contributed by atoms with Crippen LogP contribution < -0.4 is 10.1 Å². The molecule has 31 heavy (non-hydrogen) atoms. The predicted octanol–water partition coefficient (Wildman–Crippen LogP) is 4.25. The molecule has 0 aromatic carbocycles. The number of nitrogens with one attached hydrogen (secondary N) is 1. The number of carbonyl (C=O) groups is 1. The van der Waals surface area contributed by atoms with E-state index in [0.29, 0.717) is 23.5 Å². The number of carbonyl (C=O) groups excluding carboxylic acids is 1. The third-order valence-electron chi connectivity index (χ3n) is 3.84. The lowest BCUT2D eigenvalue weighted by molar-refractivity contribution is -0.137. The van der Waals surface area contributed by atoms with Gasteiger partial charge in [-0.05, 0) is 32.0 Å². The first-order valence-corrected chi connectivity index (χ1v) is 9.84. The largest absolute Gasteiger partial charge is 0.489 e. The molecule has 0 aliphatic rings. The molecular formula is C19H19F3N6O2S. The fraction of sp³-hybridized carbons (Fsp3) is 0.316. The molecule has 0 saturated heterocycles. The monoisotopic (exact) mass is 452 g/mol. The van der Waals surface area contributed by atoms with E-state index in [2.05, 4.69) is 24.6 Å². The molecule has 0 aliphatic carbocycles. The Morgan fingerprint density at radius 1 is 1.19 bits per heavy atom. The van der Waals surface area contributed by atoms with Crippen LogP contribution in [0, 0.1) is 0 Å². The van der Waals surface area contributed by atoms with Crippen molar-refractivity contribution in [3.63, 3.8) is 0 Å². The first-order valence-electron chi connectivity index (χ1n) is 9.07. The lowest BCUT2D eigenvalue weighted by Gasteiger charge is -2.15. The molecule has 8 nitrogen and oxygen atoms in total. The molecule has 0 radical (unpaired) electrons. The van der Waals surface area contributed by atoms with Gasteiger partial charge in [0.15, 0.2) is 5.82 Å². The number of halogens is 3. The molecule has 0 saturated carbocycles. The Bertz CT molecular complexity index is 1070. The predicted molar refractivity (Wildman–Crippen MR) is 109 cm³/mol. The Morgan fingerprint density at radius 2 is 1.94 bits per heavy atom. The van der Waals surface area contributed by atoms with Crippen LogP contribution in [0.15, 0.2) is 30.6 Å². The fourth-order valence-corrected chi connectivity index (χ4v) is 3.03. The van der Waals surface area contributed by atoms with Gasteiger partial charge in [0.05, 0.1) is 23.4 Å². The van der Waals surface area contributed by atoms with Gasteiger partial charge in [-0.25, -0.2) is 9.97 Å². The number of amides is 1. The number of anilines is 2. The van der Waals surface area contributed by atoms with Crippen molar-refractivity contribution in [2.75, 3.05) is 19.4 Å². The van der Waals surface area contributed by atoms with Gasteiger partial charge in [-0.1, -0.05) is 0 Å². The first kappa shape index (κ1) is 22.4. The van der Waals surface area contributed by atoms with Crippen molar-refractivity contribution in [2.24, 2.45) is 0 Å². The van der Waals surface area contributed by atoms with Gasteiger partial charge in [0, 0.05) is 31.8 Å². The zero-order valence-corrected chi connectivity index (χ0v) is 17.9. The molecule has 0 spiro atoms. The minimum Gasteiger partial charge on any atom is -0.489 e. The summed E-state index contributed by atoms with van der Waals surface area (Å²) in [4.78, 5) is 25.9. The topological polar surface area (TPSA) is 93.1 Å². The van der Waals surface area contributed by atoms with Gasteiger partial charge >= 0.3 is 6.18 Å². The van der Waals surface area contributed by atoms with E-state index in [-0.39, 0.29) is 22.6 Å². The summed E-state index contributed by atoms with van der Waals surface area (Å²) in [6.45, 7) is 3.80. The highest BCUT2D eigenvalue weighted by atomic mass is 32.1. The van der Waals surface area contributed by atoms with Crippen molar-refractivity contribution in [3.05, 3.63) is 41.7 Å². The van der Waals surface area contributed by atoms with Crippen molar-refractivity contribution < 1.29 is 22.7 Å².